The molecule has 118 valence electrons. The van der Waals surface area contributed by atoms with E-state index in [0.29, 0.717) is 18.8 Å². The van der Waals surface area contributed by atoms with Gasteiger partial charge in [0.2, 0.25) is 0 Å². The normalized spacial score (nSPS) is 26.7. The monoisotopic (exact) mass is 316 g/mol. The molecule has 0 amide bonds. The SMILES string of the molecule is CC1CCC(Cn2nnnc2CS(C)(=O)=O)(C(=O)O)CC1. The van der Waals surface area contributed by atoms with E-state index in [4.69, 9.17) is 0 Å². The van der Waals surface area contributed by atoms with Gasteiger partial charge < -0.3 is 5.11 Å². The Labute approximate surface area is 123 Å². The first-order chi connectivity index (χ1) is 9.72. The zero-order valence-electron chi connectivity index (χ0n) is 12.2. The van der Waals surface area contributed by atoms with Crippen LogP contribution in [-0.2, 0) is 26.9 Å². The predicted octanol–water partition coefficient (Wildman–Crippen LogP) is 0.499. The van der Waals surface area contributed by atoms with Crippen LogP contribution in [0, 0.1) is 11.3 Å². The summed E-state index contributed by atoms with van der Waals surface area (Å²) in [6.45, 7) is 2.23. The molecule has 0 saturated heterocycles. The Bertz CT molecular complexity index is 617. The molecule has 1 aliphatic rings. The topological polar surface area (TPSA) is 115 Å². The van der Waals surface area contributed by atoms with E-state index < -0.39 is 21.2 Å². The van der Waals surface area contributed by atoms with Crippen LogP contribution in [0.4, 0.5) is 0 Å². The number of hydrogen-bond donors (Lipinski definition) is 1. The summed E-state index contributed by atoms with van der Waals surface area (Å²) < 4.78 is 24.1. The second-order valence-corrected chi connectivity index (χ2v) is 8.23. The van der Waals surface area contributed by atoms with Crippen LogP contribution in [0.2, 0.25) is 0 Å². The molecular weight excluding hydrogens is 296 g/mol. The fourth-order valence-electron chi connectivity index (χ4n) is 2.72. The molecule has 9 heteroatoms. The molecule has 0 radical (unpaired) electrons. The molecule has 1 aliphatic carbocycles. The lowest BCUT2D eigenvalue weighted by molar-refractivity contribution is -0.153. The Kier molecular flexibility index (Phi) is 4.31. The van der Waals surface area contributed by atoms with Crippen molar-refractivity contribution in [3.63, 3.8) is 0 Å². The van der Waals surface area contributed by atoms with Gasteiger partial charge in [0.25, 0.3) is 0 Å². The summed E-state index contributed by atoms with van der Waals surface area (Å²) >= 11 is 0. The predicted molar refractivity (Wildman–Crippen MR) is 74.1 cm³/mol. The van der Waals surface area contributed by atoms with E-state index in [1.807, 2.05) is 0 Å². The summed E-state index contributed by atoms with van der Waals surface area (Å²) in [4.78, 5) is 11.7. The molecule has 0 bridgehead atoms. The molecule has 1 N–H and O–H groups in total. The Morgan fingerprint density at radius 1 is 1.43 bits per heavy atom. The number of tetrazole rings is 1. The molecular formula is C12H20N4O4S. The number of nitrogens with zero attached hydrogens (tertiary/aromatic N) is 4. The molecule has 21 heavy (non-hydrogen) atoms. The van der Waals surface area contributed by atoms with Crippen molar-refractivity contribution in [1.29, 1.82) is 0 Å². The maximum Gasteiger partial charge on any atom is 0.311 e. The van der Waals surface area contributed by atoms with E-state index in [1.54, 1.807) is 0 Å². The maximum atomic E-state index is 11.7. The van der Waals surface area contributed by atoms with Crippen LogP contribution in [0.3, 0.4) is 0 Å². The van der Waals surface area contributed by atoms with Crippen molar-refractivity contribution in [3.05, 3.63) is 5.82 Å². The van der Waals surface area contributed by atoms with Gasteiger partial charge in [-0.25, -0.2) is 13.1 Å². The van der Waals surface area contributed by atoms with E-state index in [0.717, 1.165) is 19.1 Å². The molecule has 2 rings (SSSR count). The van der Waals surface area contributed by atoms with Gasteiger partial charge in [-0.3, -0.25) is 4.79 Å². The molecule has 1 fully saturated rings. The number of rotatable bonds is 5. The van der Waals surface area contributed by atoms with Gasteiger partial charge in [-0.1, -0.05) is 6.92 Å². The van der Waals surface area contributed by atoms with Crippen molar-refractivity contribution in [1.82, 2.24) is 20.2 Å². The molecule has 8 nitrogen and oxygen atoms in total. The highest BCUT2D eigenvalue weighted by molar-refractivity contribution is 7.89. The van der Waals surface area contributed by atoms with E-state index in [9.17, 15) is 18.3 Å². The van der Waals surface area contributed by atoms with E-state index in [-0.39, 0.29) is 18.1 Å². The lowest BCUT2D eigenvalue weighted by Crippen LogP contribution is -2.39. The van der Waals surface area contributed by atoms with Gasteiger partial charge in [0.15, 0.2) is 15.7 Å². The number of hydrogen-bond acceptors (Lipinski definition) is 6. The molecule has 1 aromatic rings. The molecule has 0 atom stereocenters. The van der Waals surface area contributed by atoms with Gasteiger partial charge in [0.1, 0.15) is 5.75 Å². The average molecular weight is 316 g/mol. The molecule has 0 spiro atoms. The van der Waals surface area contributed by atoms with Gasteiger partial charge in [-0.15, -0.1) is 5.10 Å². The first-order valence-electron chi connectivity index (χ1n) is 6.88. The number of carboxylic acid groups (broad SMARTS) is 1. The number of sulfone groups is 1. The van der Waals surface area contributed by atoms with Crippen molar-refractivity contribution in [3.8, 4) is 0 Å². The first kappa shape index (κ1) is 15.9. The molecule has 1 heterocycles. The van der Waals surface area contributed by atoms with E-state index >= 15 is 0 Å². The smallest absolute Gasteiger partial charge is 0.311 e. The zero-order valence-corrected chi connectivity index (χ0v) is 13.0. The second kappa shape index (κ2) is 5.70. The first-order valence-corrected chi connectivity index (χ1v) is 8.94. The fourth-order valence-corrected chi connectivity index (χ4v) is 3.40. The van der Waals surface area contributed by atoms with Crippen LogP contribution in [0.15, 0.2) is 0 Å². The Hall–Kier alpha value is -1.51. The minimum atomic E-state index is -3.27. The summed E-state index contributed by atoms with van der Waals surface area (Å²) in [5.41, 5.74) is -0.909. The summed E-state index contributed by atoms with van der Waals surface area (Å²) in [5, 5.41) is 20.6. The van der Waals surface area contributed by atoms with Crippen molar-refractivity contribution in [2.24, 2.45) is 11.3 Å². The van der Waals surface area contributed by atoms with Gasteiger partial charge in [0.05, 0.1) is 12.0 Å². The minimum Gasteiger partial charge on any atom is -0.481 e. The minimum absolute atomic E-state index is 0.118. The summed E-state index contributed by atoms with van der Waals surface area (Å²) in [6, 6.07) is 0. The Balaban J connectivity index is 2.23. The van der Waals surface area contributed by atoms with Crippen LogP contribution in [0.1, 0.15) is 38.4 Å². The second-order valence-electron chi connectivity index (χ2n) is 6.09. The van der Waals surface area contributed by atoms with Gasteiger partial charge in [-0.05, 0) is 42.0 Å². The highest BCUT2D eigenvalue weighted by atomic mass is 32.2. The number of carboxylic acids is 1. The molecule has 1 saturated carbocycles. The van der Waals surface area contributed by atoms with Crippen LogP contribution in [-0.4, -0.2) is 46.0 Å². The highest BCUT2D eigenvalue weighted by Gasteiger charge is 2.42. The lowest BCUT2D eigenvalue weighted by Gasteiger charge is -2.35. The summed E-state index contributed by atoms with van der Waals surface area (Å²) in [5.74, 6) is -0.444. The largest absolute Gasteiger partial charge is 0.481 e. The molecule has 1 aromatic heterocycles. The fraction of sp³-hybridized carbons (Fsp3) is 0.833. The average Bonchev–Trinajstić information content (AvgIpc) is 2.77. The van der Waals surface area contributed by atoms with Crippen molar-refractivity contribution in [2.75, 3.05) is 6.26 Å². The van der Waals surface area contributed by atoms with E-state index in [1.165, 1.54) is 4.68 Å². The highest BCUT2D eigenvalue weighted by Crippen LogP contribution is 2.40. The third-order valence-corrected chi connectivity index (χ3v) is 4.92. The van der Waals surface area contributed by atoms with Crippen LogP contribution >= 0.6 is 0 Å². The lowest BCUT2D eigenvalue weighted by atomic mass is 9.71. The number of aromatic nitrogens is 4. The number of carbonyl (C=O) groups is 1. The van der Waals surface area contributed by atoms with Crippen molar-refractivity contribution < 1.29 is 18.3 Å². The Morgan fingerprint density at radius 3 is 2.57 bits per heavy atom. The van der Waals surface area contributed by atoms with Crippen LogP contribution in [0.5, 0.6) is 0 Å². The van der Waals surface area contributed by atoms with Gasteiger partial charge >= 0.3 is 5.97 Å². The standard InChI is InChI=1S/C12H20N4O4S/c1-9-3-5-12(6-4-9,11(17)18)8-16-10(13-14-15-16)7-21(2,19)20/h9H,3-8H2,1-2H3,(H,17,18). The maximum absolute atomic E-state index is 11.7. The third-order valence-electron chi connectivity index (χ3n) is 4.13. The van der Waals surface area contributed by atoms with Crippen LogP contribution in [0.25, 0.3) is 0 Å². The zero-order chi connectivity index (χ0) is 15.7. The quantitative estimate of drug-likeness (QED) is 0.841. The van der Waals surface area contributed by atoms with Gasteiger partial charge in [0, 0.05) is 6.26 Å². The summed E-state index contributed by atoms with van der Waals surface area (Å²) in [6.07, 6.45) is 3.90. The van der Waals surface area contributed by atoms with E-state index in [2.05, 4.69) is 22.4 Å². The van der Waals surface area contributed by atoms with Crippen molar-refractivity contribution in [2.45, 2.75) is 44.9 Å². The molecule has 0 aliphatic heterocycles. The van der Waals surface area contributed by atoms with Gasteiger partial charge in [-0.2, -0.15) is 0 Å². The third kappa shape index (κ3) is 3.78. The Morgan fingerprint density at radius 2 is 2.05 bits per heavy atom. The number of aliphatic carboxylic acids is 1. The molecule has 0 unspecified atom stereocenters. The molecule has 0 aromatic carbocycles. The van der Waals surface area contributed by atoms with Crippen molar-refractivity contribution >= 4 is 15.8 Å². The summed E-state index contributed by atoms with van der Waals surface area (Å²) in [7, 11) is -3.27. The van der Waals surface area contributed by atoms with Crippen LogP contribution < -0.4 is 0 Å².